The molecule has 1 heterocycles. The Labute approximate surface area is 139 Å². The highest BCUT2D eigenvalue weighted by atomic mass is 16.4. The van der Waals surface area contributed by atoms with E-state index in [0.717, 1.165) is 47.2 Å². The molecule has 0 amide bonds. The van der Waals surface area contributed by atoms with Crippen LogP contribution < -0.4 is 0 Å². The summed E-state index contributed by atoms with van der Waals surface area (Å²) in [6.07, 6.45) is 3.36. The molecule has 24 heavy (non-hydrogen) atoms. The molecule has 3 aromatic rings. The Morgan fingerprint density at radius 2 is 1.83 bits per heavy atom. The summed E-state index contributed by atoms with van der Waals surface area (Å²) >= 11 is 0. The summed E-state index contributed by atoms with van der Waals surface area (Å²) in [5, 5.41) is 19.3. The van der Waals surface area contributed by atoms with Gasteiger partial charge >= 0.3 is 5.97 Å². The second kappa shape index (κ2) is 5.96. The topological polar surface area (TPSA) is 66.0 Å². The van der Waals surface area contributed by atoms with Gasteiger partial charge in [0.1, 0.15) is 0 Å². The van der Waals surface area contributed by atoms with Crippen molar-refractivity contribution < 1.29 is 9.90 Å². The Morgan fingerprint density at radius 1 is 1.04 bits per heavy atom. The minimum absolute atomic E-state index is 0.511. The summed E-state index contributed by atoms with van der Waals surface area (Å²) < 4.78 is 0. The number of allylic oxidation sites excluding steroid dienone is 1. The number of aliphatic carboxylic acids is 1. The molecular weight excluding hydrogens is 300 g/mol. The van der Waals surface area contributed by atoms with Gasteiger partial charge < -0.3 is 5.11 Å². The lowest BCUT2D eigenvalue weighted by Crippen LogP contribution is -2.08. The second-order valence-corrected chi connectivity index (χ2v) is 6.16. The lowest BCUT2D eigenvalue weighted by molar-refractivity contribution is -0.132. The number of H-pyrrole nitrogens is 1. The molecule has 0 radical (unpaired) electrons. The Bertz CT molecular complexity index is 948. The standard InChI is InChI=1S/C20H18N2O2/c23-20(24)17-10-4-3-9-16(17)19-12-18(21-22-19)15-11-5-7-13-6-1-2-8-14(13)15/h1-2,5-8,11-12H,3-4,9-10H2,(H,21,22)(H,23,24). The number of aromatic amines is 1. The molecule has 0 atom stereocenters. The highest BCUT2D eigenvalue weighted by Gasteiger charge is 2.21. The van der Waals surface area contributed by atoms with Gasteiger partial charge in [0.15, 0.2) is 0 Å². The normalized spacial score (nSPS) is 15.0. The summed E-state index contributed by atoms with van der Waals surface area (Å²) in [5.41, 5.74) is 4.15. The van der Waals surface area contributed by atoms with Crippen molar-refractivity contribution in [2.75, 3.05) is 0 Å². The van der Waals surface area contributed by atoms with Crippen LogP contribution in [-0.4, -0.2) is 21.3 Å². The van der Waals surface area contributed by atoms with Gasteiger partial charge in [0, 0.05) is 11.1 Å². The van der Waals surface area contributed by atoms with Crippen molar-refractivity contribution in [1.29, 1.82) is 0 Å². The van der Waals surface area contributed by atoms with E-state index in [9.17, 15) is 9.90 Å². The van der Waals surface area contributed by atoms with Crippen LogP contribution in [0.2, 0.25) is 0 Å². The van der Waals surface area contributed by atoms with Crippen molar-refractivity contribution in [3.63, 3.8) is 0 Å². The molecule has 0 saturated heterocycles. The number of rotatable bonds is 3. The Balaban J connectivity index is 1.81. The van der Waals surface area contributed by atoms with Crippen molar-refractivity contribution >= 4 is 22.3 Å². The van der Waals surface area contributed by atoms with Crippen LogP contribution in [0.25, 0.3) is 27.6 Å². The first-order valence-electron chi connectivity index (χ1n) is 8.23. The Morgan fingerprint density at radius 3 is 2.71 bits per heavy atom. The maximum atomic E-state index is 11.5. The van der Waals surface area contributed by atoms with Crippen LogP contribution in [0.15, 0.2) is 54.1 Å². The zero-order chi connectivity index (χ0) is 16.5. The monoisotopic (exact) mass is 318 g/mol. The van der Waals surface area contributed by atoms with Gasteiger partial charge in [0.05, 0.1) is 11.4 Å². The number of carbonyl (C=O) groups is 1. The predicted octanol–water partition coefficient (Wildman–Crippen LogP) is 4.64. The first-order valence-corrected chi connectivity index (χ1v) is 8.23. The fraction of sp³-hybridized carbons (Fsp3) is 0.200. The van der Waals surface area contributed by atoms with E-state index in [2.05, 4.69) is 34.5 Å². The molecule has 0 saturated carbocycles. The number of nitrogens with one attached hydrogen (secondary N) is 1. The van der Waals surface area contributed by atoms with Crippen LogP contribution in [0.1, 0.15) is 31.4 Å². The molecule has 4 heteroatoms. The van der Waals surface area contributed by atoms with Gasteiger partial charge in [-0.25, -0.2) is 4.79 Å². The summed E-state index contributed by atoms with van der Waals surface area (Å²) in [6.45, 7) is 0. The first kappa shape index (κ1) is 14.7. The van der Waals surface area contributed by atoms with Crippen molar-refractivity contribution in [2.45, 2.75) is 25.7 Å². The molecule has 0 fully saturated rings. The zero-order valence-electron chi connectivity index (χ0n) is 13.2. The van der Waals surface area contributed by atoms with Crippen LogP contribution in [0.4, 0.5) is 0 Å². The molecule has 1 aliphatic carbocycles. The highest BCUT2D eigenvalue weighted by molar-refractivity contribution is 5.98. The van der Waals surface area contributed by atoms with E-state index in [4.69, 9.17) is 0 Å². The number of hydrogen-bond acceptors (Lipinski definition) is 2. The smallest absolute Gasteiger partial charge is 0.331 e. The molecular formula is C20H18N2O2. The molecule has 2 N–H and O–H groups in total. The first-order chi connectivity index (χ1) is 11.7. The van der Waals surface area contributed by atoms with Crippen LogP contribution in [0.5, 0.6) is 0 Å². The number of aromatic nitrogens is 2. The highest BCUT2D eigenvalue weighted by Crippen LogP contribution is 2.34. The average molecular weight is 318 g/mol. The van der Waals surface area contributed by atoms with Crippen LogP contribution in [0.3, 0.4) is 0 Å². The van der Waals surface area contributed by atoms with Gasteiger partial charge in [-0.3, -0.25) is 5.10 Å². The molecule has 0 spiro atoms. The molecule has 120 valence electrons. The number of fused-ring (bicyclic) bond motifs is 1. The largest absolute Gasteiger partial charge is 0.478 e. The number of nitrogens with zero attached hydrogens (tertiary/aromatic N) is 1. The molecule has 0 unspecified atom stereocenters. The Hall–Kier alpha value is -2.88. The van der Waals surface area contributed by atoms with Gasteiger partial charge in [-0.2, -0.15) is 5.10 Å². The van der Waals surface area contributed by atoms with E-state index >= 15 is 0 Å². The van der Waals surface area contributed by atoms with Gasteiger partial charge in [0.2, 0.25) is 0 Å². The van der Waals surface area contributed by atoms with Crippen LogP contribution in [-0.2, 0) is 4.79 Å². The molecule has 0 bridgehead atoms. The van der Waals surface area contributed by atoms with E-state index in [1.807, 2.05) is 24.3 Å². The van der Waals surface area contributed by atoms with Crippen molar-refractivity contribution in [3.8, 4) is 11.3 Å². The number of hydrogen-bond donors (Lipinski definition) is 2. The van der Waals surface area contributed by atoms with Gasteiger partial charge in [-0.05, 0) is 48.1 Å². The lowest BCUT2D eigenvalue weighted by Gasteiger charge is -2.15. The van der Waals surface area contributed by atoms with E-state index in [-0.39, 0.29) is 0 Å². The van der Waals surface area contributed by atoms with Crippen molar-refractivity contribution in [1.82, 2.24) is 10.2 Å². The minimum Gasteiger partial charge on any atom is -0.478 e. The summed E-state index contributed by atoms with van der Waals surface area (Å²) in [5.74, 6) is -0.820. The molecule has 1 aliphatic rings. The number of carboxylic acids is 1. The lowest BCUT2D eigenvalue weighted by atomic mass is 9.89. The predicted molar refractivity (Wildman–Crippen MR) is 94.6 cm³/mol. The van der Waals surface area contributed by atoms with Gasteiger partial charge in [-0.15, -0.1) is 0 Å². The quantitative estimate of drug-likeness (QED) is 0.739. The molecule has 1 aromatic heterocycles. The fourth-order valence-corrected chi connectivity index (χ4v) is 3.50. The second-order valence-electron chi connectivity index (χ2n) is 6.16. The van der Waals surface area contributed by atoms with E-state index in [1.165, 1.54) is 5.39 Å². The third-order valence-corrected chi connectivity index (χ3v) is 4.69. The molecule has 4 nitrogen and oxygen atoms in total. The molecule has 0 aliphatic heterocycles. The number of carboxylic acid groups (broad SMARTS) is 1. The van der Waals surface area contributed by atoms with E-state index in [0.29, 0.717) is 12.0 Å². The van der Waals surface area contributed by atoms with Gasteiger partial charge in [-0.1, -0.05) is 42.5 Å². The Kier molecular flexibility index (Phi) is 3.65. The van der Waals surface area contributed by atoms with E-state index in [1.54, 1.807) is 0 Å². The number of benzene rings is 2. The molecule has 4 rings (SSSR count). The van der Waals surface area contributed by atoms with E-state index < -0.39 is 5.97 Å². The SMILES string of the molecule is O=C(O)C1=C(c2cc(-c3cccc4ccccc34)[nH]n2)CCCC1. The fourth-order valence-electron chi connectivity index (χ4n) is 3.50. The maximum absolute atomic E-state index is 11.5. The molecule has 2 aromatic carbocycles. The van der Waals surface area contributed by atoms with Crippen LogP contribution >= 0.6 is 0 Å². The summed E-state index contributed by atoms with van der Waals surface area (Å²) in [6, 6.07) is 16.4. The third kappa shape index (κ3) is 2.50. The third-order valence-electron chi connectivity index (χ3n) is 4.69. The van der Waals surface area contributed by atoms with Crippen molar-refractivity contribution in [2.24, 2.45) is 0 Å². The summed E-state index contributed by atoms with van der Waals surface area (Å²) in [4.78, 5) is 11.5. The average Bonchev–Trinajstić information content (AvgIpc) is 3.11. The van der Waals surface area contributed by atoms with Gasteiger partial charge in [0.25, 0.3) is 0 Å². The zero-order valence-corrected chi connectivity index (χ0v) is 13.2. The summed E-state index contributed by atoms with van der Waals surface area (Å²) in [7, 11) is 0. The van der Waals surface area contributed by atoms with Crippen molar-refractivity contribution in [3.05, 3.63) is 59.8 Å². The minimum atomic E-state index is -0.820. The van der Waals surface area contributed by atoms with Crippen LogP contribution in [0, 0.1) is 0 Å². The maximum Gasteiger partial charge on any atom is 0.331 e.